The highest BCUT2D eigenvalue weighted by atomic mass is 16.3. The van der Waals surface area contributed by atoms with Crippen LogP contribution in [-0.4, -0.2) is 35.5 Å². The highest BCUT2D eigenvalue weighted by molar-refractivity contribution is 5.14. The Morgan fingerprint density at radius 1 is 0.920 bits per heavy atom. The molecule has 144 valence electrons. The van der Waals surface area contributed by atoms with Crippen molar-refractivity contribution in [1.82, 2.24) is 5.32 Å². The summed E-state index contributed by atoms with van der Waals surface area (Å²) in [6.45, 7) is 6.41. The highest BCUT2D eigenvalue weighted by Gasteiger charge is 2.64. The molecule has 3 N–H and O–H groups in total. The molecule has 4 rings (SSSR count). The van der Waals surface area contributed by atoms with Crippen LogP contribution in [0.5, 0.6) is 0 Å². The second-order valence-corrected chi connectivity index (χ2v) is 10.3. The average Bonchev–Trinajstić information content (AvgIpc) is 2.86. The van der Waals surface area contributed by atoms with Crippen molar-refractivity contribution in [3.63, 3.8) is 0 Å². The number of fused-ring (bicyclic) bond motifs is 5. The normalized spacial score (nSPS) is 52.3. The second kappa shape index (κ2) is 6.49. The molecule has 0 heterocycles. The first-order chi connectivity index (χ1) is 11.9. The fourth-order valence-corrected chi connectivity index (χ4v) is 8.07. The molecule has 4 saturated carbocycles. The van der Waals surface area contributed by atoms with E-state index in [1.54, 1.807) is 0 Å². The van der Waals surface area contributed by atoms with Crippen LogP contribution in [0, 0.1) is 34.5 Å². The number of hydrogen-bond donors (Lipinski definition) is 3. The summed E-state index contributed by atoms with van der Waals surface area (Å²) in [5.74, 6) is 3.41. The third kappa shape index (κ3) is 2.63. The molecule has 0 aliphatic heterocycles. The molecule has 0 spiro atoms. The molecule has 0 bridgehead atoms. The molecule has 0 amide bonds. The van der Waals surface area contributed by atoms with Crippen molar-refractivity contribution in [2.75, 3.05) is 19.7 Å². The standard InChI is InChI=1S/C22H39NO2/c1-20-10-4-3-5-16(20)6-7-17-18(20)8-11-21(2)19(17)9-12-22(21,25)15-23-13-14-24/h16-19,23-25H,3-15H2,1-2H3/t16-,17+,18-,19+,20-,21+,22-/m0/s1. The molecule has 0 aromatic carbocycles. The predicted molar refractivity (Wildman–Crippen MR) is 101 cm³/mol. The quantitative estimate of drug-likeness (QED) is 0.678. The maximum Gasteiger partial charge on any atom is 0.0827 e. The fraction of sp³-hybridized carbons (Fsp3) is 1.00. The van der Waals surface area contributed by atoms with Crippen LogP contribution in [0.3, 0.4) is 0 Å². The minimum absolute atomic E-state index is 0.0640. The van der Waals surface area contributed by atoms with E-state index in [9.17, 15) is 5.11 Å². The molecule has 0 radical (unpaired) electrons. The summed E-state index contributed by atoms with van der Waals surface area (Å²) in [5, 5.41) is 23.9. The number of aliphatic hydroxyl groups excluding tert-OH is 1. The molecule has 0 saturated heterocycles. The summed E-state index contributed by atoms with van der Waals surface area (Å²) >= 11 is 0. The molecule has 4 aliphatic rings. The van der Waals surface area contributed by atoms with Gasteiger partial charge in [-0.15, -0.1) is 0 Å². The van der Waals surface area contributed by atoms with Crippen LogP contribution in [0.1, 0.15) is 78.1 Å². The van der Waals surface area contributed by atoms with Gasteiger partial charge in [-0.1, -0.05) is 26.7 Å². The van der Waals surface area contributed by atoms with Crippen LogP contribution < -0.4 is 5.32 Å². The lowest BCUT2D eigenvalue weighted by atomic mass is 9.44. The second-order valence-electron chi connectivity index (χ2n) is 10.3. The molecular formula is C22H39NO2. The lowest BCUT2D eigenvalue weighted by molar-refractivity contribution is -0.150. The average molecular weight is 350 g/mol. The Bertz CT molecular complexity index is 496. The maximum atomic E-state index is 11.5. The third-order valence-corrected chi connectivity index (χ3v) is 9.61. The van der Waals surface area contributed by atoms with Crippen LogP contribution in [0.2, 0.25) is 0 Å². The lowest BCUT2D eigenvalue weighted by Gasteiger charge is -2.61. The van der Waals surface area contributed by atoms with Gasteiger partial charge < -0.3 is 15.5 Å². The number of hydrogen-bond acceptors (Lipinski definition) is 3. The van der Waals surface area contributed by atoms with Crippen molar-refractivity contribution in [2.24, 2.45) is 34.5 Å². The summed E-state index contributed by atoms with van der Waals surface area (Å²) in [4.78, 5) is 0. The van der Waals surface area contributed by atoms with Gasteiger partial charge in [-0.3, -0.25) is 0 Å². The Balaban J connectivity index is 1.55. The SMILES string of the molecule is C[C@]12CCCC[C@H]1CC[C@H]1[C@H]3CC[C@](O)(CNCCO)[C@]3(C)CC[C@@H]12. The zero-order valence-electron chi connectivity index (χ0n) is 16.4. The Morgan fingerprint density at radius 3 is 2.52 bits per heavy atom. The minimum Gasteiger partial charge on any atom is -0.395 e. The molecule has 3 heteroatoms. The van der Waals surface area contributed by atoms with E-state index in [1.807, 2.05) is 0 Å². The molecule has 4 aliphatic carbocycles. The van der Waals surface area contributed by atoms with E-state index >= 15 is 0 Å². The minimum atomic E-state index is -0.581. The largest absolute Gasteiger partial charge is 0.395 e. The first kappa shape index (κ1) is 18.3. The summed E-state index contributed by atoms with van der Waals surface area (Å²) in [6, 6.07) is 0. The lowest BCUT2D eigenvalue weighted by Crippen LogP contribution is -2.58. The van der Waals surface area contributed by atoms with Crippen molar-refractivity contribution < 1.29 is 10.2 Å². The zero-order valence-corrected chi connectivity index (χ0v) is 16.4. The zero-order chi connectivity index (χ0) is 17.7. The van der Waals surface area contributed by atoms with Gasteiger partial charge in [0.2, 0.25) is 0 Å². The summed E-state index contributed by atoms with van der Waals surface area (Å²) in [7, 11) is 0. The van der Waals surface area contributed by atoms with Gasteiger partial charge in [-0.25, -0.2) is 0 Å². The predicted octanol–water partition coefficient (Wildman–Crippen LogP) is 3.73. The van der Waals surface area contributed by atoms with E-state index in [-0.39, 0.29) is 12.0 Å². The molecule has 0 aromatic heterocycles. The molecule has 4 fully saturated rings. The summed E-state index contributed by atoms with van der Waals surface area (Å²) < 4.78 is 0. The van der Waals surface area contributed by atoms with Gasteiger partial charge in [0.05, 0.1) is 12.2 Å². The van der Waals surface area contributed by atoms with Gasteiger partial charge in [-0.05, 0) is 80.5 Å². The van der Waals surface area contributed by atoms with Crippen LogP contribution >= 0.6 is 0 Å². The van der Waals surface area contributed by atoms with Gasteiger partial charge >= 0.3 is 0 Å². The number of aliphatic hydroxyl groups is 2. The number of rotatable bonds is 4. The molecule has 25 heavy (non-hydrogen) atoms. The van der Waals surface area contributed by atoms with E-state index in [1.165, 1.54) is 57.8 Å². The monoisotopic (exact) mass is 349 g/mol. The van der Waals surface area contributed by atoms with Crippen molar-refractivity contribution in [1.29, 1.82) is 0 Å². The van der Waals surface area contributed by atoms with Gasteiger partial charge in [0, 0.05) is 18.5 Å². The van der Waals surface area contributed by atoms with E-state index in [4.69, 9.17) is 5.11 Å². The van der Waals surface area contributed by atoms with Crippen molar-refractivity contribution in [2.45, 2.75) is 83.7 Å². The molecule has 3 nitrogen and oxygen atoms in total. The van der Waals surface area contributed by atoms with Crippen molar-refractivity contribution in [3.05, 3.63) is 0 Å². The van der Waals surface area contributed by atoms with Gasteiger partial charge in [0.25, 0.3) is 0 Å². The summed E-state index contributed by atoms with van der Waals surface area (Å²) in [6.07, 6.45) is 13.3. The van der Waals surface area contributed by atoms with Crippen molar-refractivity contribution in [3.8, 4) is 0 Å². The summed E-state index contributed by atoms with van der Waals surface area (Å²) in [5.41, 5.74) is 0.0644. The van der Waals surface area contributed by atoms with Crippen LogP contribution in [0.4, 0.5) is 0 Å². The fourth-order valence-electron chi connectivity index (χ4n) is 8.07. The van der Waals surface area contributed by atoms with Gasteiger partial charge in [-0.2, -0.15) is 0 Å². The molecule has 0 unspecified atom stereocenters. The smallest absolute Gasteiger partial charge is 0.0827 e. The van der Waals surface area contributed by atoms with Gasteiger partial charge in [0.15, 0.2) is 0 Å². The van der Waals surface area contributed by atoms with E-state index in [0.29, 0.717) is 24.4 Å². The van der Waals surface area contributed by atoms with Crippen LogP contribution in [-0.2, 0) is 0 Å². The van der Waals surface area contributed by atoms with E-state index < -0.39 is 5.60 Å². The Hall–Kier alpha value is -0.120. The van der Waals surface area contributed by atoms with Crippen LogP contribution in [0.25, 0.3) is 0 Å². The first-order valence-corrected chi connectivity index (χ1v) is 11.0. The Morgan fingerprint density at radius 2 is 1.72 bits per heavy atom. The Kier molecular flexibility index (Phi) is 4.74. The van der Waals surface area contributed by atoms with Crippen LogP contribution in [0.15, 0.2) is 0 Å². The van der Waals surface area contributed by atoms with Gasteiger partial charge in [0.1, 0.15) is 0 Å². The molecule has 7 atom stereocenters. The topological polar surface area (TPSA) is 52.5 Å². The molecule has 0 aromatic rings. The third-order valence-electron chi connectivity index (χ3n) is 9.61. The number of nitrogens with one attached hydrogen (secondary N) is 1. The highest BCUT2D eigenvalue weighted by Crippen LogP contribution is 2.68. The first-order valence-electron chi connectivity index (χ1n) is 11.0. The molecular weight excluding hydrogens is 310 g/mol. The Labute approximate surface area is 154 Å². The maximum absolute atomic E-state index is 11.5. The van der Waals surface area contributed by atoms with Crippen molar-refractivity contribution >= 4 is 0 Å². The van der Waals surface area contributed by atoms with E-state index in [2.05, 4.69) is 19.2 Å². The van der Waals surface area contributed by atoms with E-state index in [0.717, 1.165) is 24.2 Å².